The summed E-state index contributed by atoms with van der Waals surface area (Å²) in [4.78, 5) is 5.42. The van der Waals surface area contributed by atoms with Crippen molar-refractivity contribution in [3.05, 3.63) is 54.1 Å². The number of ether oxygens (including phenoxy) is 1. The van der Waals surface area contributed by atoms with Crippen LogP contribution in [0.1, 0.15) is 63.9 Å². The fraction of sp³-hybridized carbons (Fsp3) is 0.435. The minimum Gasteiger partial charge on any atom is -0.494 e. The number of unbranched alkanes of at least 4 members (excludes halogenated alkanes) is 7. The molecule has 0 fully saturated rings. The zero-order valence-electron chi connectivity index (χ0n) is 15.9. The number of rotatable bonds is 12. The number of thiol groups is 1. The van der Waals surface area contributed by atoms with Crippen LogP contribution in [0.5, 0.6) is 5.75 Å². The van der Waals surface area contributed by atoms with Gasteiger partial charge in [-0.05, 0) is 60.5 Å². The van der Waals surface area contributed by atoms with E-state index >= 15 is 0 Å². The molecule has 0 unspecified atom stereocenters. The third-order valence-electron chi connectivity index (χ3n) is 4.36. The van der Waals surface area contributed by atoms with Crippen LogP contribution in [-0.2, 0) is 0 Å². The molecule has 2 aromatic rings. The zero-order chi connectivity index (χ0) is 18.5. The predicted molar refractivity (Wildman–Crippen MR) is 115 cm³/mol. The first-order valence-corrected chi connectivity index (χ1v) is 10.3. The van der Waals surface area contributed by atoms with Crippen LogP contribution in [-0.4, -0.2) is 12.8 Å². The molecule has 0 heterocycles. The van der Waals surface area contributed by atoms with Crippen LogP contribution in [0.2, 0.25) is 0 Å². The second-order valence-corrected chi connectivity index (χ2v) is 7.18. The van der Waals surface area contributed by atoms with Crippen LogP contribution in [0.15, 0.2) is 58.4 Å². The van der Waals surface area contributed by atoms with E-state index in [9.17, 15) is 0 Å². The maximum atomic E-state index is 5.83. The summed E-state index contributed by atoms with van der Waals surface area (Å²) in [7, 11) is 0. The predicted octanol–water partition coefficient (Wildman–Crippen LogP) is 7.25. The third-order valence-corrected chi connectivity index (χ3v) is 4.66. The summed E-state index contributed by atoms with van der Waals surface area (Å²) < 4.78 is 5.83. The van der Waals surface area contributed by atoms with Crippen molar-refractivity contribution in [1.82, 2.24) is 0 Å². The highest BCUT2D eigenvalue weighted by molar-refractivity contribution is 7.80. The quantitative estimate of drug-likeness (QED) is 0.237. The first-order valence-electron chi connectivity index (χ1n) is 9.84. The second-order valence-electron chi connectivity index (χ2n) is 6.67. The smallest absolute Gasteiger partial charge is 0.119 e. The van der Waals surface area contributed by atoms with Gasteiger partial charge in [-0.15, -0.1) is 12.6 Å². The molecule has 26 heavy (non-hydrogen) atoms. The molecule has 0 radical (unpaired) electrons. The molecule has 0 aliphatic heterocycles. The van der Waals surface area contributed by atoms with Crippen molar-refractivity contribution in [2.45, 2.75) is 63.2 Å². The van der Waals surface area contributed by atoms with Crippen LogP contribution in [0.3, 0.4) is 0 Å². The molecule has 2 rings (SSSR count). The zero-order valence-corrected chi connectivity index (χ0v) is 16.8. The van der Waals surface area contributed by atoms with Crippen LogP contribution in [0.4, 0.5) is 5.69 Å². The normalized spacial score (nSPS) is 11.2. The highest BCUT2D eigenvalue weighted by Gasteiger charge is 1.96. The van der Waals surface area contributed by atoms with E-state index in [1.807, 2.05) is 54.7 Å². The molecule has 0 aliphatic rings. The molecule has 0 N–H and O–H groups in total. The lowest BCUT2D eigenvalue weighted by Gasteiger charge is -2.06. The van der Waals surface area contributed by atoms with Gasteiger partial charge in [0, 0.05) is 11.1 Å². The Morgan fingerprint density at radius 1 is 0.808 bits per heavy atom. The van der Waals surface area contributed by atoms with Gasteiger partial charge in [-0.2, -0.15) is 0 Å². The van der Waals surface area contributed by atoms with Gasteiger partial charge in [0.05, 0.1) is 12.3 Å². The standard InChI is InChI=1S/C23H31NOS/c1-2-3-4-5-6-7-8-9-18-25-22-14-10-20(11-15-22)19-24-21-12-16-23(26)17-13-21/h10-17,19,26H,2-9,18H2,1H3. The average molecular weight is 370 g/mol. The molecule has 140 valence electrons. The average Bonchev–Trinajstić information content (AvgIpc) is 2.67. The third kappa shape index (κ3) is 8.57. The van der Waals surface area contributed by atoms with E-state index < -0.39 is 0 Å². The van der Waals surface area contributed by atoms with Gasteiger partial charge >= 0.3 is 0 Å². The van der Waals surface area contributed by atoms with Crippen LogP contribution >= 0.6 is 12.6 Å². The van der Waals surface area contributed by atoms with Gasteiger partial charge < -0.3 is 4.74 Å². The molecule has 0 amide bonds. The largest absolute Gasteiger partial charge is 0.494 e. The minimum absolute atomic E-state index is 0.804. The molecule has 0 spiro atoms. The molecule has 3 heteroatoms. The summed E-state index contributed by atoms with van der Waals surface area (Å²) in [5.74, 6) is 0.935. The summed E-state index contributed by atoms with van der Waals surface area (Å²) in [5.41, 5.74) is 2.00. The van der Waals surface area contributed by atoms with E-state index in [2.05, 4.69) is 24.5 Å². The van der Waals surface area contributed by atoms with Crippen LogP contribution in [0.25, 0.3) is 0 Å². The Kier molecular flexibility index (Phi) is 9.96. The topological polar surface area (TPSA) is 21.6 Å². The first kappa shape index (κ1) is 20.6. The van der Waals surface area contributed by atoms with Crippen LogP contribution < -0.4 is 4.74 Å². The maximum Gasteiger partial charge on any atom is 0.119 e. The van der Waals surface area contributed by atoms with Crippen molar-refractivity contribution < 1.29 is 4.74 Å². The van der Waals surface area contributed by atoms with Gasteiger partial charge in [0.1, 0.15) is 5.75 Å². The van der Waals surface area contributed by atoms with E-state index in [4.69, 9.17) is 4.74 Å². The Morgan fingerprint density at radius 3 is 2.08 bits per heavy atom. The molecular weight excluding hydrogens is 338 g/mol. The number of nitrogens with zero attached hydrogens (tertiary/aromatic N) is 1. The molecule has 0 aromatic heterocycles. The number of hydrogen-bond acceptors (Lipinski definition) is 3. The Hall–Kier alpha value is -1.74. The van der Waals surface area contributed by atoms with E-state index in [0.717, 1.165) is 34.9 Å². The first-order chi connectivity index (χ1) is 12.8. The molecule has 0 bridgehead atoms. The summed E-state index contributed by atoms with van der Waals surface area (Å²) in [6.45, 7) is 3.07. The second kappa shape index (κ2) is 12.6. The summed E-state index contributed by atoms with van der Waals surface area (Å²) >= 11 is 4.28. The fourth-order valence-electron chi connectivity index (χ4n) is 2.76. The van der Waals surface area contributed by atoms with Crippen LogP contribution in [0, 0.1) is 0 Å². The molecule has 0 saturated heterocycles. The van der Waals surface area contributed by atoms with Gasteiger partial charge in [-0.1, -0.05) is 51.9 Å². The van der Waals surface area contributed by atoms with Crippen molar-refractivity contribution in [1.29, 1.82) is 0 Å². The van der Waals surface area contributed by atoms with Gasteiger partial charge in [0.15, 0.2) is 0 Å². The van der Waals surface area contributed by atoms with Gasteiger partial charge in [0.2, 0.25) is 0 Å². The highest BCUT2D eigenvalue weighted by Crippen LogP contribution is 2.16. The maximum absolute atomic E-state index is 5.83. The number of aliphatic imine (C=N–C) groups is 1. The van der Waals surface area contributed by atoms with Crippen molar-refractivity contribution in [2.24, 2.45) is 4.99 Å². The Balaban J connectivity index is 1.62. The van der Waals surface area contributed by atoms with Gasteiger partial charge in [0.25, 0.3) is 0 Å². The molecule has 0 atom stereocenters. The van der Waals surface area contributed by atoms with Gasteiger partial charge in [-0.3, -0.25) is 4.99 Å². The molecule has 0 aliphatic carbocycles. The fourth-order valence-corrected chi connectivity index (χ4v) is 2.91. The number of hydrogen-bond donors (Lipinski definition) is 1. The lowest BCUT2D eigenvalue weighted by Crippen LogP contribution is -1.97. The van der Waals surface area contributed by atoms with Crippen molar-refractivity contribution in [3.8, 4) is 5.75 Å². The van der Waals surface area contributed by atoms with Gasteiger partial charge in [-0.25, -0.2) is 0 Å². The van der Waals surface area contributed by atoms with Crippen molar-refractivity contribution >= 4 is 24.5 Å². The Bertz CT molecular complexity index is 634. The minimum atomic E-state index is 0.804. The highest BCUT2D eigenvalue weighted by atomic mass is 32.1. The molecular formula is C23H31NOS. The monoisotopic (exact) mass is 369 g/mol. The van der Waals surface area contributed by atoms with E-state index in [1.165, 1.54) is 44.9 Å². The Morgan fingerprint density at radius 2 is 1.42 bits per heavy atom. The van der Waals surface area contributed by atoms with Crippen molar-refractivity contribution in [3.63, 3.8) is 0 Å². The molecule has 2 aromatic carbocycles. The van der Waals surface area contributed by atoms with Crippen molar-refractivity contribution in [2.75, 3.05) is 6.61 Å². The van der Waals surface area contributed by atoms with E-state index in [-0.39, 0.29) is 0 Å². The van der Waals surface area contributed by atoms with E-state index in [0.29, 0.717) is 0 Å². The lowest BCUT2D eigenvalue weighted by atomic mass is 10.1. The molecule has 2 nitrogen and oxygen atoms in total. The Labute approximate surface area is 164 Å². The lowest BCUT2D eigenvalue weighted by molar-refractivity contribution is 0.304. The summed E-state index contributed by atoms with van der Waals surface area (Å²) in [5, 5.41) is 0. The summed E-state index contributed by atoms with van der Waals surface area (Å²) in [6.07, 6.45) is 12.4. The van der Waals surface area contributed by atoms with E-state index in [1.54, 1.807) is 0 Å². The SMILES string of the molecule is CCCCCCCCCCOc1ccc(C=Nc2ccc(S)cc2)cc1. The number of benzene rings is 2. The molecule has 0 saturated carbocycles. The summed E-state index contributed by atoms with van der Waals surface area (Å²) in [6, 6.07) is 15.9.